The van der Waals surface area contributed by atoms with Crippen LogP contribution in [0.4, 0.5) is 0 Å². The SMILES string of the molecule is CCCc1nc(-c2noc(C3CCCN3C(=O)c3ccccc3OCC)n2)co1. The number of aryl methyl sites for hydroxylation is 1. The van der Waals surface area contributed by atoms with Crippen LogP contribution in [0.3, 0.4) is 0 Å². The topological polar surface area (TPSA) is 94.5 Å². The number of hydrogen-bond donors (Lipinski definition) is 0. The predicted octanol–water partition coefficient (Wildman–Crippen LogP) is 4.05. The fraction of sp³-hybridized carbons (Fsp3) is 0.429. The Hall–Kier alpha value is -3.16. The first-order chi connectivity index (χ1) is 14.2. The van der Waals surface area contributed by atoms with Crippen molar-refractivity contribution in [1.82, 2.24) is 20.0 Å². The summed E-state index contributed by atoms with van der Waals surface area (Å²) in [6, 6.07) is 7.03. The van der Waals surface area contributed by atoms with Crippen LogP contribution in [0.1, 0.15) is 61.3 Å². The summed E-state index contributed by atoms with van der Waals surface area (Å²) in [5.41, 5.74) is 1.09. The number of oxazole rings is 1. The highest BCUT2D eigenvalue weighted by molar-refractivity contribution is 5.97. The van der Waals surface area contributed by atoms with E-state index in [2.05, 4.69) is 22.0 Å². The third-order valence-corrected chi connectivity index (χ3v) is 4.90. The first-order valence-electron chi connectivity index (χ1n) is 10.0. The Balaban J connectivity index is 1.56. The quantitative estimate of drug-likeness (QED) is 0.594. The molecule has 0 radical (unpaired) electrons. The molecular weight excluding hydrogens is 372 g/mol. The minimum absolute atomic E-state index is 0.0945. The minimum Gasteiger partial charge on any atom is -0.493 e. The van der Waals surface area contributed by atoms with Crippen LogP contribution in [0.5, 0.6) is 5.75 Å². The molecular formula is C21H24N4O4. The molecule has 8 nitrogen and oxygen atoms in total. The van der Waals surface area contributed by atoms with E-state index in [1.807, 2.05) is 25.1 Å². The Morgan fingerprint density at radius 3 is 2.97 bits per heavy atom. The maximum atomic E-state index is 13.2. The van der Waals surface area contributed by atoms with Gasteiger partial charge in [0.1, 0.15) is 23.7 Å². The van der Waals surface area contributed by atoms with Gasteiger partial charge in [-0.1, -0.05) is 24.2 Å². The molecule has 8 heteroatoms. The van der Waals surface area contributed by atoms with Gasteiger partial charge in [0.15, 0.2) is 5.89 Å². The van der Waals surface area contributed by atoms with Crippen molar-refractivity contribution >= 4 is 5.91 Å². The molecule has 0 aliphatic carbocycles. The van der Waals surface area contributed by atoms with Crippen LogP contribution < -0.4 is 4.74 Å². The molecule has 1 amide bonds. The standard InChI is InChI=1S/C21H24N4O4/c1-3-8-18-22-15(13-28-18)19-23-20(29-24-19)16-10-7-12-25(16)21(26)14-9-5-6-11-17(14)27-4-2/h5-6,9,11,13,16H,3-4,7-8,10,12H2,1-2H3. The molecule has 1 saturated heterocycles. The van der Waals surface area contributed by atoms with Crippen LogP contribution in [-0.2, 0) is 6.42 Å². The molecule has 1 unspecified atom stereocenters. The second kappa shape index (κ2) is 8.46. The van der Waals surface area contributed by atoms with E-state index in [9.17, 15) is 4.79 Å². The zero-order chi connectivity index (χ0) is 20.2. The van der Waals surface area contributed by atoms with Gasteiger partial charge in [-0.25, -0.2) is 4.98 Å². The summed E-state index contributed by atoms with van der Waals surface area (Å²) in [6.07, 6.45) is 4.88. The molecule has 0 saturated carbocycles. The number of ether oxygens (including phenoxy) is 1. The average Bonchev–Trinajstić information content (AvgIpc) is 3.48. The van der Waals surface area contributed by atoms with E-state index in [1.165, 1.54) is 6.26 Å². The molecule has 0 spiro atoms. The molecule has 0 N–H and O–H groups in total. The Labute approximate surface area is 168 Å². The fourth-order valence-electron chi connectivity index (χ4n) is 3.56. The van der Waals surface area contributed by atoms with E-state index in [-0.39, 0.29) is 11.9 Å². The third-order valence-electron chi connectivity index (χ3n) is 4.90. The zero-order valence-electron chi connectivity index (χ0n) is 16.6. The molecule has 1 fully saturated rings. The Bertz CT molecular complexity index is 980. The lowest BCUT2D eigenvalue weighted by atomic mass is 10.1. The molecule has 3 aromatic rings. The molecule has 2 aromatic heterocycles. The molecule has 1 aliphatic rings. The molecule has 29 heavy (non-hydrogen) atoms. The molecule has 1 aromatic carbocycles. The van der Waals surface area contributed by atoms with E-state index < -0.39 is 0 Å². The van der Waals surface area contributed by atoms with Gasteiger partial charge in [0.05, 0.1) is 12.2 Å². The highest BCUT2D eigenvalue weighted by Gasteiger charge is 2.35. The summed E-state index contributed by atoms with van der Waals surface area (Å²) in [5.74, 6) is 1.94. The number of likely N-dealkylation sites (tertiary alicyclic amines) is 1. The number of aromatic nitrogens is 3. The number of hydrogen-bond acceptors (Lipinski definition) is 7. The predicted molar refractivity (Wildman–Crippen MR) is 104 cm³/mol. The largest absolute Gasteiger partial charge is 0.493 e. The van der Waals surface area contributed by atoms with Gasteiger partial charge >= 0.3 is 0 Å². The highest BCUT2D eigenvalue weighted by atomic mass is 16.5. The van der Waals surface area contributed by atoms with Crippen LogP contribution in [0.2, 0.25) is 0 Å². The first kappa shape index (κ1) is 19.2. The normalized spacial score (nSPS) is 16.3. The van der Waals surface area contributed by atoms with Gasteiger partial charge in [0.25, 0.3) is 5.91 Å². The van der Waals surface area contributed by atoms with Gasteiger partial charge in [0, 0.05) is 13.0 Å². The summed E-state index contributed by atoms with van der Waals surface area (Å²) in [5, 5.41) is 4.05. The number of rotatable bonds is 7. The second-order valence-electron chi connectivity index (χ2n) is 6.92. The van der Waals surface area contributed by atoms with Crippen molar-refractivity contribution in [3.63, 3.8) is 0 Å². The van der Waals surface area contributed by atoms with Gasteiger partial charge in [-0.2, -0.15) is 4.98 Å². The summed E-state index contributed by atoms with van der Waals surface area (Å²) in [6.45, 7) is 5.09. The van der Waals surface area contributed by atoms with Crippen molar-refractivity contribution in [3.05, 3.63) is 47.9 Å². The molecule has 1 atom stereocenters. The summed E-state index contributed by atoms with van der Waals surface area (Å²) < 4.78 is 16.6. The van der Waals surface area contributed by atoms with Crippen molar-refractivity contribution in [2.45, 2.75) is 45.6 Å². The summed E-state index contributed by atoms with van der Waals surface area (Å²) in [4.78, 5) is 23.9. The van der Waals surface area contributed by atoms with E-state index in [4.69, 9.17) is 13.7 Å². The van der Waals surface area contributed by atoms with Crippen LogP contribution >= 0.6 is 0 Å². The van der Waals surface area contributed by atoms with Crippen LogP contribution in [0.25, 0.3) is 11.5 Å². The average molecular weight is 396 g/mol. The van der Waals surface area contributed by atoms with Gasteiger partial charge in [0.2, 0.25) is 11.7 Å². The van der Waals surface area contributed by atoms with Crippen LogP contribution in [0.15, 0.2) is 39.5 Å². The lowest BCUT2D eigenvalue weighted by molar-refractivity contribution is 0.0706. The number of para-hydroxylation sites is 1. The smallest absolute Gasteiger partial charge is 0.258 e. The monoisotopic (exact) mass is 396 g/mol. The maximum absolute atomic E-state index is 13.2. The Kier molecular flexibility index (Phi) is 5.59. The van der Waals surface area contributed by atoms with Gasteiger partial charge in [-0.05, 0) is 38.3 Å². The minimum atomic E-state index is -0.263. The molecule has 4 rings (SSSR count). The van der Waals surface area contributed by atoms with Crippen LogP contribution in [-0.4, -0.2) is 39.1 Å². The molecule has 0 bridgehead atoms. The third kappa shape index (κ3) is 3.87. The number of nitrogens with zero attached hydrogens (tertiary/aromatic N) is 4. The summed E-state index contributed by atoms with van der Waals surface area (Å²) in [7, 11) is 0. The van der Waals surface area contributed by atoms with E-state index in [0.717, 1.165) is 25.7 Å². The van der Waals surface area contributed by atoms with Gasteiger partial charge in [-0.3, -0.25) is 4.79 Å². The zero-order valence-corrected chi connectivity index (χ0v) is 16.6. The lowest BCUT2D eigenvalue weighted by Gasteiger charge is -2.23. The second-order valence-corrected chi connectivity index (χ2v) is 6.92. The fourth-order valence-corrected chi connectivity index (χ4v) is 3.56. The molecule has 3 heterocycles. The number of carbonyl (C=O) groups excluding carboxylic acids is 1. The van der Waals surface area contributed by atoms with E-state index >= 15 is 0 Å². The lowest BCUT2D eigenvalue weighted by Crippen LogP contribution is -2.31. The van der Waals surface area contributed by atoms with Crippen molar-refractivity contribution in [2.75, 3.05) is 13.2 Å². The van der Waals surface area contributed by atoms with Crippen LogP contribution in [0, 0.1) is 0 Å². The number of amides is 1. The Morgan fingerprint density at radius 2 is 2.14 bits per heavy atom. The van der Waals surface area contributed by atoms with E-state index in [1.54, 1.807) is 11.0 Å². The van der Waals surface area contributed by atoms with Crippen molar-refractivity contribution in [3.8, 4) is 17.3 Å². The van der Waals surface area contributed by atoms with Crippen molar-refractivity contribution in [1.29, 1.82) is 0 Å². The number of benzene rings is 1. The first-order valence-corrected chi connectivity index (χ1v) is 10.0. The molecule has 1 aliphatic heterocycles. The van der Waals surface area contributed by atoms with Crippen molar-refractivity contribution < 1.29 is 18.5 Å². The van der Waals surface area contributed by atoms with Gasteiger partial charge in [-0.15, -0.1) is 0 Å². The molecule has 152 valence electrons. The maximum Gasteiger partial charge on any atom is 0.258 e. The van der Waals surface area contributed by atoms with E-state index in [0.29, 0.717) is 47.8 Å². The van der Waals surface area contributed by atoms with Gasteiger partial charge < -0.3 is 18.6 Å². The highest BCUT2D eigenvalue weighted by Crippen LogP contribution is 2.34. The summed E-state index contributed by atoms with van der Waals surface area (Å²) >= 11 is 0. The Morgan fingerprint density at radius 1 is 1.28 bits per heavy atom. The van der Waals surface area contributed by atoms with Crippen molar-refractivity contribution in [2.24, 2.45) is 0 Å². The number of carbonyl (C=O) groups is 1.